The molecular weight excluding hydrogens is 320 g/mol. The number of ether oxygens (including phenoxy) is 1. The first-order chi connectivity index (χ1) is 10.9. The van der Waals surface area contributed by atoms with Crippen molar-refractivity contribution in [3.05, 3.63) is 30.3 Å². The van der Waals surface area contributed by atoms with E-state index in [0.717, 1.165) is 0 Å². The fourth-order valence-corrected chi connectivity index (χ4v) is 3.91. The Morgan fingerprint density at radius 1 is 1.17 bits per heavy atom. The maximum atomic E-state index is 11.7. The minimum atomic E-state index is -3.03. The number of amides is 2. The number of sulfone groups is 1. The topological polar surface area (TPSA) is 102 Å². The maximum absolute atomic E-state index is 11.7. The molecule has 1 fully saturated rings. The van der Waals surface area contributed by atoms with Crippen molar-refractivity contribution in [1.82, 2.24) is 10.6 Å². The number of hydrogen-bond donors (Lipinski definition) is 2. The minimum Gasteiger partial charge on any atom is -0.493 e. The SMILES string of the molecule is O=C(CCOc1ccccc1)NCC(=O)NC1CCS(=O)(=O)C1. The number of carbonyl (C=O) groups excluding carboxylic acids is 2. The molecule has 0 aromatic heterocycles. The highest BCUT2D eigenvalue weighted by Gasteiger charge is 2.28. The Labute approximate surface area is 135 Å². The average Bonchev–Trinajstić information content (AvgIpc) is 2.85. The Balaban J connectivity index is 1.59. The molecule has 23 heavy (non-hydrogen) atoms. The highest BCUT2D eigenvalue weighted by atomic mass is 32.2. The van der Waals surface area contributed by atoms with Crippen molar-refractivity contribution in [3.8, 4) is 5.75 Å². The molecule has 2 amide bonds. The summed E-state index contributed by atoms with van der Waals surface area (Å²) in [5.41, 5.74) is 0. The van der Waals surface area contributed by atoms with Crippen LogP contribution in [0.2, 0.25) is 0 Å². The van der Waals surface area contributed by atoms with Gasteiger partial charge in [0.05, 0.1) is 31.1 Å². The van der Waals surface area contributed by atoms with Crippen LogP contribution in [-0.2, 0) is 19.4 Å². The molecule has 126 valence electrons. The molecule has 1 aliphatic heterocycles. The maximum Gasteiger partial charge on any atom is 0.239 e. The van der Waals surface area contributed by atoms with E-state index in [1.807, 2.05) is 18.2 Å². The molecule has 1 aliphatic rings. The van der Waals surface area contributed by atoms with Crippen LogP contribution in [0.1, 0.15) is 12.8 Å². The second-order valence-electron chi connectivity index (χ2n) is 5.36. The summed E-state index contributed by atoms with van der Waals surface area (Å²) in [4.78, 5) is 23.3. The third-order valence-electron chi connectivity index (χ3n) is 3.38. The van der Waals surface area contributed by atoms with E-state index in [4.69, 9.17) is 4.74 Å². The molecule has 0 aliphatic carbocycles. The summed E-state index contributed by atoms with van der Waals surface area (Å²) < 4.78 is 28.0. The number of benzene rings is 1. The Kier molecular flexibility index (Phi) is 5.97. The largest absolute Gasteiger partial charge is 0.493 e. The van der Waals surface area contributed by atoms with E-state index in [1.165, 1.54) is 0 Å². The highest BCUT2D eigenvalue weighted by Crippen LogP contribution is 2.11. The quantitative estimate of drug-likeness (QED) is 0.720. The summed E-state index contributed by atoms with van der Waals surface area (Å²) in [6.07, 6.45) is 0.562. The highest BCUT2D eigenvalue weighted by molar-refractivity contribution is 7.91. The Morgan fingerprint density at radius 2 is 1.91 bits per heavy atom. The van der Waals surface area contributed by atoms with Crippen molar-refractivity contribution in [2.45, 2.75) is 18.9 Å². The van der Waals surface area contributed by atoms with Gasteiger partial charge in [-0.05, 0) is 18.6 Å². The number of carbonyl (C=O) groups is 2. The molecule has 2 rings (SSSR count). The Bertz CT molecular complexity index is 645. The van der Waals surface area contributed by atoms with E-state index < -0.39 is 9.84 Å². The van der Waals surface area contributed by atoms with E-state index in [2.05, 4.69) is 10.6 Å². The van der Waals surface area contributed by atoms with Crippen LogP contribution in [0.3, 0.4) is 0 Å². The van der Waals surface area contributed by atoms with E-state index in [1.54, 1.807) is 12.1 Å². The van der Waals surface area contributed by atoms with Crippen LogP contribution in [0.5, 0.6) is 5.75 Å². The number of nitrogens with one attached hydrogen (secondary N) is 2. The van der Waals surface area contributed by atoms with Gasteiger partial charge in [-0.3, -0.25) is 9.59 Å². The lowest BCUT2D eigenvalue weighted by Crippen LogP contribution is -2.42. The van der Waals surface area contributed by atoms with Crippen molar-refractivity contribution < 1.29 is 22.7 Å². The van der Waals surface area contributed by atoms with E-state index in [-0.39, 0.29) is 48.9 Å². The van der Waals surface area contributed by atoms with Crippen molar-refractivity contribution >= 4 is 21.7 Å². The normalized spacial score (nSPS) is 19.0. The first-order valence-corrected chi connectivity index (χ1v) is 9.21. The van der Waals surface area contributed by atoms with Gasteiger partial charge >= 0.3 is 0 Å². The van der Waals surface area contributed by atoms with Gasteiger partial charge in [0.2, 0.25) is 11.8 Å². The van der Waals surface area contributed by atoms with Crippen LogP contribution in [0.15, 0.2) is 30.3 Å². The van der Waals surface area contributed by atoms with Crippen LogP contribution in [0, 0.1) is 0 Å². The summed E-state index contributed by atoms with van der Waals surface area (Å²) in [5, 5.41) is 5.09. The zero-order valence-corrected chi connectivity index (χ0v) is 13.5. The standard InChI is InChI=1S/C15H20N2O5S/c18-14(6-8-22-13-4-2-1-3-5-13)16-10-15(19)17-12-7-9-23(20,21)11-12/h1-5,12H,6-11H2,(H,16,18)(H,17,19). The van der Waals surface area contributed by atoms with Gasteiger partial charge in [-0.2, -0.15) is 0 Å². The fraction of sp³-hybridized carbons (Fsp3) is 0.467. The molecule has 1 unspecified atom stereocenters. The first-order valence-electron chi connectivity index (χ1n) is 7.39. The predicted octanol–water partition coefficient (Wildman–Crippen LogP) is -0.125. The monoisotopic (exact) mass is 340 g/mol. The molecule has 7 nitrogen and oxygen atoms in total. The molecule has 1 heterocycles. The molecule has 0 bridgehead atoms. The molecular formula is C15H20N2O5S. The predicted molar refractivity (Wildman–Crippen MR) is 84.8 cm³/mol. The van der Waals surface area contributed by atoms with Crippen molar-refractivity contribution in [2.24, 2.45) is 0 Å². The van der Waals surface area contributed by atoms with Gasteiger partial charge in [-0.25, -0.2) is 8.42 Å². The molecule has 0 radical (unpaired) electrons. The Hall–Kier alpha value is -2.09. The van der Waals surface area contributed by atoms with Gasteiger partial charge in [-0.1, -0.05) is 18.2 Å². The molecule has 0 saturated carbocycles. The first kappa shape index (κ1) is 17.3. The van der Waals surface area contributed by atoms with Gasteiger partial charge in [-0.15, -0.1) is 0 Å². The third-order valence-corrected chi connectivity index (χ3v) is 5.15. The van der Waals surface area contributed by atoms with Crippen LogP contribution < -0.4 is 15.4 Å². The average molecular weight is 340 g/mol. The molecule has 8 heteroatoms. The van der Waals surface area contributed by atoms with Gasteiger partial charge in [0, 0.05) is 6.04 Å². The van der Waals surface area contributed by atoms with Gasteiger partial charge < -0.3 is 15.4 Å². The molecule has 1 aromatic rings. The lowest BCUT2D eigenvalue weighted by Gasteiger charge is -2.11. The second-order valence-corrected chi connectivity index (χ2v) is 7.58. The minimum absolute atomic E-state index is 0.0302. The lowest BCUT2D eigenvalue weighted by atomic mass is 10.2. The number of hydrogen-bond acceptors (Lipinski definition) is 5. The smallest absolute Gasteiger partial charge is 0.239 e. The van der Waals surface area contributed by atoms with Crippen LogP contribution in [-0.4, -0.2) is 50.9 Å². The molecule has 1 saturated heterocycles. The molecule has 1 aromatic carbocycles. The van der Waals surface area contributed by atoms with Gasteiger partial charge in [0.1, 0.15) is 5.75 Å². The van der Waals surface area contributed by atoms with E-state index in [9.17, 15) is 18.0 Å². The summed E-state index contributed by atoms with van der Waals surface area (Å²) in [5.74, 6) is 0.0682. The third kappa shape index (κ3) is 6.27. The van der Waals surface area contributed by atoms with Gasteiger partial charge in [0.15, 0.2) is 9.84 Å². The summed E-state index contributed by atoms with van der Waals surface area (Å²) in [6.45, 7) is 0.0546. The lowest BCUT2D eigenvalue weighted by molar-refractivity contribution is -0.126. The van der Waals surface area contributed by atoms with E-state index in [0.29, 0.717) is 12.2 Å². The molecule has 0 spiro atoms. The van der Waals surface area contributed by atoms with Crippen molar-refractivity contribution in [3.63, 3.8) is 0 Å². The summed E-state index contributed by atoms with van der Waals surface area (Å²) in [7, 11) is -3.03. The zero-order valence-electron chi connectivity index (χ0n) is 12.7. The number of rotatable bonds is 7. The number of para-hydroxylation sites is 1. The Morgan fingerprint density at radius 3 is 2.57 bits per heavy atom. The zero-order chi connectivity index (χ0) is 16.7. The fourth-order valence-electron chi connectivity index (χ4n) is 2.23. The van der Waals surface area contributed by atoms with E-state index >= 15 is 0 Å². The summed E-state index contributed by atoms with van der Waals surface area (Å²) >= 11 is 0. The van der Waals surface area contributed by atoms with Gasteiger partial charge in [0.25, 0.3) is 0 Å². The molecule has 1 atom stereocenters. The molecule has 2 N–H and O–H groups in total. The van der Waals surface area contributed by atoms with Crippen molar-refractivity contribution in [1.29, 1.82) is 0 Å². The van der Waals surface area contributed by atoms with Crippen molar-refractivity contribution in [2.75, 3.05) is 24.7 Å². The van der Waals surface area contributed by atoms with Crippen LogP contribution in [0.25, 0.3) is 0 Å². The van der Waals surface area contributed by atoms with Crippen LogP contribution in [0.4, 0.5) is 0 Å². The summed E-state index contributed by atoms with van der Waals surface area (Å²) in [6, 6.07) is 8.77. The van der Waals surface area contributed by atoms with Crippen LogP contribution >= 0.6 is 0 Å². The second kappa shape index (κ2) is 7.96.